The number of hydrogen-bond acceptors (Lipinski definition) is 4. The predicted molar refractivity (Wildman–Crippen MR) is 112 cm³/mol. The fourth-order valence-electron chi connectivity index (χ4n) is 3.01. The molecule has 0 bridgehead atoms. The molecule has 5 heteroatoms. The second kappa shape index (κ2) is 11.1. The van der Waals surface area contributed by atoms with Crippen molar-refractivity contribution in [1.29, 1.82) is 0 Å². The molecular formula is C23H30N2O3. The van der Waals surface area contributed by atoms with Crippen molar-refractivity contribution in [1.82, 2.24) is 10.2 Å². The van der Waals surface area contributed by atoms with E-state index in [2.05, 4.69) is 18.3 Å². The third kappa shape index (κ3) is 6.72. The van der Waals surface area contributed by atoms with E-state index in [9.17, 15) is 9.59 Å². The van der Waals surface area contributed by atoms with Crippen LogP contribution in [0.1, 0.15) is 31.7 Å². The van der Waals surface area contributed by atoms with Crippen LogP contribution in [0.25, 0.3) is 0 Å². The van der Waals surface area contributed by atoms with Crippen LogP contribution in [0.3, 0.4) is 0 Å². The van der Waals surface area contributed by atoms with E-state index in [0.717, 1.165) is 55.8 Å². The van der Waals surface area contributed by atoms with Crippen LogP contribution in [-0.2, 0) is 9.59 Å². The zero-order valence-electron chi connectivity index (χ0n) is 17.0. The lowest BCUT2D eigenvalue weighted by Gasteiger charge is -2.28. The topological polar surface area (TPSA) is 58.6 Å². The number of ether oxygens (including phenoxy) is 1. The molecule has 1 saturated heterocycles. The average molecular weight is 383 g/mol. The number of carbonyl (C=O) groups excluding carboxylic acids is 2. The molecule has 3 rings (SSSR count). The van der Waals surface area contributed by atoms with Crippen molar-refractivity contribution in [3.63, 3.8) is 0 Å². The highest BCUT2D eigenvalue weighted by Gasteiger charge is 2.19. The highest BCUT2D eigenvalue weighted by atomic mass is 16.5. The van der Waals surface area contributed by atoms with E-state index < -0.39 is 0 Å². The summed E-state index contributed by atoms with van der Waals surface area (Å²) in [5.74, 6) is 2.05. The van der Waals surface area contributed by atoms with Gasteiger partial charge in [-0.1, -0.05) is 35.9 Å². The highest BCUT2D eigenvalue weighted by molar-refractivity contribution is 5.73. The van der Waals surface area contributed by atoms with Gasteiger partial charge in [0.15, 0.2) is 0 Å². The summed E-state index contributed by atoms with van der Waals surface area (Å²) in [5, 5.41) is 3.18. The molecule has 0 spiro atoms. The first kappa shape index (κ1) is 21.5. The number of likely N-dealkylation sites (tertiary alicyclic amines) is 1. The first-order chi connectivity index (χ1) is 13.5. The number of piperidine rings is 1. The van der Waals surface area contributed by atoms with Crippen molar-refractivity contribution in [3.05, 3.63) is 65.6 Å². The van der Waals surface area contributed by atoms with Gasteiger partial charge in [0, 0.05) is 39.4 Å². The zero-order chi connectivity index (χ0) is 20.4. The Labute approximate surface area is 167 Å². The third-order valence-corrected chi connectivity index (χ3v) is 4.84. The van der Waals surface area contributed by atoms with Crippen molar-refractivity contribution < 1.29 is 14.3 Å². The summed E-state index contributed by atoms with van der Waals surface area (Å²) in [7, 11) is 1.92. The number of allylic oxidation sites excluding steroid dienone is 4. The van der Waals surface area contributed by atoms with E-state index in [0.29, 0.717) is 0 Å². The van der Waals surface area contributed by atoms with Crippen LogP contribution in [0.15, 0.2) is 60.0 Å². The summed E-state index contributed by atoms with van der Waals surface area (Å²) in [5.41, 5.74) is 2.33. The lowest BCUT2D eigenvalue weighted by molar-refractivity contribution is -0.131. The van der Waals surface area contributed by atoms with Crippen LogP contribution in [0.5, 0.6) is 5.75 Å². The molecule has 150 valence electrons. The van der Waals surface area contributed by atoms with E-state index in [-0.39, 0.29) is 11.8 Å². The van der Waals surface area contributed by atoms with Crippen LogP contribution < -0.4 is 10.1 Å². The molecule has 0 radical (unpaired) electrons. The van der Waals surface area contributed by atoms with Crippen LogP contribution in [0.4, 0.5) is 0 Å². The van der Waals surface area contributed by atoms with Gasteiger partial charge >= 0.3 is 0 Å². The third-order valence-electron chi connectivity index (χ3n) is 4.84. The maximum absolute atomic E-state index is 10.8. The fourth-order valence-corrected chi connectivity index (χ4v) is 3.01. The Hall–Kier alpha value is -2.82. The van der Waals surface area contributed by atoms with Gasteiger partial charge in [0.05, 0.1) is 5.70 Å². The molecule has 1 aromatic rings. The summed E-state index contributed by atoms with van der Waals surface area (Å²) < 4.78 is 5.88. The molecule has 1 aliphatic carbocycles. The quantitative estimate of drug-likeness (QED) is 0.806. The summed E-state index contributed by atoms with van der Waals surface area (Å²) in [4.78, 5) is 23.0. The lowest BCUT2D eigenvalue weighted by Crippen LogP contribution is -2.37. The number of amides is 1. The van der Waals surface area contributed by atoms with E-state index in [1.807, 2.05) is 49.5 Å². The van der Waals surface area contributed by atoms with Gasteiger partial charge < -0.3 is 19.7 Å². The van der Waals surface area contributed by atoms with Crippen molar-refractivity contribution >= 4 is 12.2 Å². The molecule has 0 unspecified atom stereocenters. The van der Waals surface area contributed by atoms with Crippen LogP contribution >= 0.6 is 0 Å². The maximum Gasteiger partial charge on any atom is 0.219 e. The number of carbonyl (C=O) groups is 2. The Kier molecular flexibility index (Phi) is 8.53. The van der Waals surface area contributed by atoms with Gasteiger partial charge in [0.1, 0.15) is 17.8 Å². The molecule has 2 aliphatic rings. The molecule has 1 aliphatic heterocycles. The van der Waals surface area contributed by atoms with Crippen LogP contribution in [0, 0.1) is 12.8 Å². The Morgan fingerprint density at radius 2 is 1.86 bits per heavy atom. The molecule has 1 amide bonds. The monoisotopic (exact) mass is 382 g/mol. The van der Waals surface area contributed by atoms with Gasteiger partial charge in [-0.3, -0.25) is 4.79 Å². The van der Waals surface area contributed by atoms with Crippen molar-refractivity contribution in [2.75, 3.05) is 20.1 Å². The van der Waals surface area contributed by atoms with Gasteiger partial charge in [-0.05, 0) is 38.0 Å². The van der Waals surface area contributed by atoms with Crippen molar-refractivity contribution in [2.45, 2.75) is 33.1 Å². The first-order valence-corrected chi connectivity index (χ1v) is 9.73. The molecule has 1 heterocycles. The highest BCUT2D eigenvalue weighted by Crippen LogP contribution is 2.19. The molecule has 0 aromatic heterocycles. The molecule has 1 N–H and O–H groups in total. The van der Waals surface area contributed by atoms with E-state index in [4.69, 9.17) is 4.74 Å². The molecule has 28 heavy (non-hydrogen) atoms. The first-order valence-electron chi connectivity index (χ1n) is 9.73. The smallest absolute Gasteiger partial charge is 0.219 e. The van der Waals surface area contributed by atoms with E-state index in [1.165, 1.54) is 5.56 Å². The molecule has 5 nitrogen and oxygen atoms in total. The standard InChI is InChI=1S/C15H17NO.C8H13NO2/c1-12-8-10-13(11-9-12)17-15-7-5-3-4-6-14(15)16-2;1-7(11)9-4-2-8(6-10)3-5-9/h3-5,7-11,16H,6H2,1-2H3;6,8H,2-5H2,1H3. The van der Waals surface area contributed by atoms with Crippen molar-refractivity contribution in [2.24, 2.45) is 5.92 Å². The second-order valence-corrected chi connectivity index (χ2v) is 6.98. The molecule has 0 atom stereocenters. The van der Waals surface area contributed by atoms with E-state index >= 15 is 0 Å². The number of aryl methyl sites for hydroxylation is 1. The number of nitrogens with one attached hydrogen (secondary N) is 1. The van der Waals surface area contributed by atoms with Crippen molar-refractivity contribution in [3.8, 4) is 5.75 Å². The lowest BCUT2D eigenvalue weighted by atomic mass is 9.99. The minimum absolute atomic E-state index is 0.120. The molecular weight excluding hydrogens is 352 g/mol. The maximum atomic E-state index is 10.8. The van der Waals surface area contributed by atoms with E-state index in [1.54, 1.807) is 11.8 Å². The van der Waals surface area contributed by atoms with Crippen LogP contribution in [-0.4, -0.2) is 37.2 Å². The Morgan fingerprint density at radius 3 is 2.43 bits per heavy atom. The summed E-state index contributed by atoms with van der Waals surface area (Å²) in [6.07, 6.45) is 11.6. The fraction of sp³-hybridized carbons (Fsp3) is 0.391. The van der Waals surface area contributed by atoms with Gasteiger partial charge in [0.25, 0.3) is 0 Å². The number of benzene rings is 1. The largest absolute Gasteiger partial charge is 0.456 e. The Balaban J connectivity index is 0.000000221. The number of rotatable bonds is 4. The van der Waals surface area contributed by atoms with Crippen LogP contribution in [0.2, 0.25) is 0 Å². The molecule has 0 saturated carbocycles. The Morgan fingerprint density at radius 1 is 1.18 bits per heavy atom. The SMILES string of the molecule is CC(=O)N1CCC(C=O)CC1.CNC1=C(Oc2ccc(C)cc2)C=CC=CC1. The molecule has 1 fully saturated rings. The second-order valence-electron chi connectivity index (χ2n) is 6.98. The summed E-state index contributed by atoms with van der Waals surface area (Å²) in [6, 6.07) is 8.07. The average Bonchev–Trinajstić information content (AvgIpc) is 2.95. The normalized spacial score (nSPS) is 16.8. The predicted octanol–water partition coefficient (Wildman–Crippen LogP) is 3.76. The van der Waals surface area contributed by atoms with Gasteiger partial charge in [-0.15, -0.1) is 0 Å². The number of nitrogens with zero attached hydrogens (tertiary/aromatic N) is 1. The van der Waals surface area contributed by atoms with Gasteiger partial charge in [-0.25, -0.2) is 0 Å². The summed E-state index contributed by atoms with van der Waals surface area (Å²) in [6.45, 7) is 5.14. The molecule has 1 aromatic carbocycles. The number of aldehydes is 1. The Bertz CT molecular complexity index is 740. The minimum atomic E-state index is 0.120. The number of hydrogen-bond donors (Lipinski definition) is 1. The summed E-state index contributed by atoms with van der Waals surface area (Å²) >= 11 is 0. The zero-order valence-corrected chi connectivity index (χ0v) is 17.0. The van der Waals surface area contributed by atoms with Gasteiger partial charge in [-0.2, -0.15) is 0 Å². The minimum Gasteiger partial charge on any atom is -0.456 e. The van der Waals surface area contributed by atoms with Gasteiger partial charge in [0.2, 0.25) is 5.91 Å².